The average molecular weight is 366 g/mol. The van der Waals surface area contributed by atoms with Crippen molar-refractivity contribution in [1.82, 2.24) is 9.78 Å². The second-order valence-corrected chi connectivity index (χ2v) is 7.16. The first-order valence-electron chi connectivity index (χ1n) is 8.76. The summed E-state index contributed by atoms with van der Waals surface area (Å²) in [5, 5.41) is 5.07. The van der Waals surface area contributed by atoms with Crippen LogP contribution in [0.3, 0.4) is 0 Å². The van der Waals surface area contributed by atoms with Crippen molar-refractivity contribution < 1.29 is 4.79 Å². The van der Waals surface area contributed by atoms with E-state index in [9.17, 15) is 4.79 Å². The molecule has 0 bridgehead atoms. The highest BCUT2D eigenvalue weighted by Crippen LogP contribution is 2.30. The summed E-state index contributed by atoms with van der Waals surface area (Å²) in [5.74, 6) is 0.000538. The van der Waals surface area contributed by atoms with Crippen LogP contribution in [0, 0.1) is 13.8 Å². The largest absolute Gasteiger partial charge is 0.308 e. The van der Waals surface area contributed by atoms with E-state index in [0.29, 0.717) is 10.6 Å². The molecule has 0 N–H and O–H groups in total. The number of carbonyl (C=O) groups excluding carboxylic acids is 1. The minimum atomic E-state index is 0.000538. The third-order valence-corrected chi connectivity index (χ3v) is 5.13. The summed E-state index contributed by atoms with van der Waals surface area (Å²) in [6.07, 6.45) is 3.65. The number of amides is 1. The molecule has 5 heteroatoms. The Morgan fingerprint density at radius 2 is 2.00 bits per heavy atom. The molecular weight excluding hydrogens is 346 g/mol. The van der Waals surface area contributed by atoms with E-state index in [1.54, 1.807) is 10.9 Å². The normalized spacial score (nSPS) is 13.6. The summed E-state index contributed by atoms with van der Waals surface area (Å²) in [5.41, 5.74) is 5.77. The Morgan fingerprint density at radius 1 is 1.15 bits per heavy atom. The van der Waals surface area contributed by atoms with Crippen LogP contribution in [0.2, 0.25) is 5.02 Å². The third kappa shape index (κ3) is 2.90. The van der Waals surface area contributed by atoms with E-state index in [1.165, 1.54) is 11.1 Å². The maximum Gasteiger partial charge on any atom is 0.261 e. The molecule has 0 aliphatic carbocycles. The number of aryl methyl sites for hydroxylation is 2. The molecule has 1 aliphatic heterocycles. The number of rotatable bonds is 2. The molecule has 4 rings (SSSR count). The van der Waals surface area contributed by atoms with Gasteiger partial charge in [0.15, 0.2) is 0 Å². The van der Waals surface area contributed by atoms with Crippen LogP contribution in [0.15, 0.2) is 48.7 Å². The molecule has 2 aromatic carbocycles. The minimum absolute atomic E-state index is 0.000538. The van der Waals surface area contributed by atoms with Crippen molar-refractivity contribution in [3.05, 3.63) is 76.1 Å². The fraction of sp³-hybridized carbons (Fsp3) is 0.238. The van der Waals surface area contributed by atoms with Gasteiger partial charge in [0.05, 0.1) is 23.1 Å². The first-order valence-corrected chi connectivity index (χ1v) is 9.14. The van der Waals surface area contributed by atoms with Crippen LogP contribution in [0.4, 0.5) is 5.69 Å². The SMILES string of the molecule is Cc1ccc2c(c1)CCCN2C(=O)c1cnn(-c2cccc(Cl)c2)c1C. The number of carbonyl (C=O) groups is 1. The predicted molar refractivity (Wildman–Crippen MR) is 104 cm³/mol. The van der Waals surface area contributed by atoms with Crippen molar-refractivity contribution in [1.29, 1.82) is 0 Å². The van der Waals surface area contributed by atoms with Crippen molar-refractivity contribution in [3.8, 4) is 5.69 Å². The maximum absolute atomic E-state index is 13.2. The highest BCUT2D eigenvalue weighted by Gasteiger charge is 2.26. The number of hydrogen-bond acceptors (Lipinski definition) is 2. The standard InChI is InChI=1S/C21H20ClN3O/c1-14-8-9-20-16(11-14)5-4-10-24(20)21(26)19-13-23-25(15(19)2)18-7-3-6-17(22)12-18/h3,6-9,11-13H,4-5,10H2,1-2H3. The Bertz CT molecular complexity index is 993. The van der Waals surface area contributed by atoms with Crippen LogP contribution in [-0.4, -0.2) is 22.2 Å². The lowest BCUT2D eigenvalue weighted by molar-refractivity contribution is 0.0984. The first kappa shape index (κ1) is 16.9. The minimum Gasteiger partial charge on any atom is -0.308 e. The number of fused-ring (bicyclic) bond motifs is 1. The number of nitrogens with zero attached hydrogens (tertiary/aromatic N) is 3. The van der Waals surface area contributed by atoms with Gasteiger partial charge in [0.2, 0.25) is 0 Å². The van der Waals surface area contributed by atoms with Gasteiger partial charge in [0, 0.05) is 17.3 Å². The molecule has 4 nitrogen and oxygen atoms in total. The first-order chi connectivity index (χ1) is 12.5. The molecule has 0 radical (unpaired) electrons. The van der Waals surface area contributed by atoms with E-state index in [1.807, 2.05) is 36.1 Å². The summed E-state index contributed by atoms with van der Waals surface area (Å²) < 4.78 is 1.76. The quantitative estimate of drug-likeness (QED) is 0.658. The number of hydrogen-bond donors (Lipinski definition) is 0. The van der Waals surface area contributed by atoms with E-state index < -0.39 is 0 Å². The molecular formula is C21H20ClN3O. The topological polar surface area (TPSA) is 38.1 Å². The molecule has 1 aliphatic rings. The number of aromatic nitrogens is 2. The maximum atomic E-state index is 13.2. The van der Waals surface area contributed by atoms with Gasteiger partial charge < -0.3 is 4.90 Å². The zero-order valence-electron chi connectivity index (χ0n) is 14.9. The zero-order valence-corrected chi connectivity index (χ0v) is 15.6. The fourth-order valence-corrected chi connectivity index (χ4v) is 3.75. The van der Waals surface area contributed by atoms with Gasteiger partial charge in [-0.15, -0.1) is 0 Å². The zero-order chi connectivity index (χ0) is 18.3. The number of anilines is 1. The van der Waals surface area contributed by atoms with Crippen LogP contribution >= 0.6 is 11.6 Å². The average Bonchev–Trinajstić information content (AvgIpc) is 3.02. The molecule has 0 spiro atoms. The fourth-order valence-electron chi connectivity index (χ4n) is 3.57. The number of halogens is 1. The molecule has 0 saturated carbocycles. The lowest BCUT2D eigenvalue weighted by Crippen LogP contribution is -2.35. The van der Waals surface area contributed by atoms with Crippen LogP contribution < -0.4 is 4.90 Å². The highest BCUT2D eigenvalue weighted by molar-refractivity contribution is 6.30. The van der Waals surface area contributed by atoms with Crippen LogP contribution in [0.1, 0.15) is 33.6 Å². The summed E-state index contributed by atoms with van der Waals surface area (Å²) in [6, 6.07) is 13.8. The Balaban J connectivity index is 1.71. The van der Waals surface area contributed by atoms with Crippen molar-refractivity contribution in [2.45, 2.75) is 26.7 Å². The van der Waals surface area contributed by atoms with Crippen LogP contribution in [0.5, 0.6) is 0 Å². The molecule has 132 valence electrons. The van der Waals surface area contributed by atoms with Crippen molar-refractivity contribution in [3.63, 3.8) is 0 Å². The second kappa shape index (κ2) is 6.61. The summed E-state index contributed by atoms with van der Waals surface area (Å²) >= 11 is 6.09. The smallest absolute Gasteiger partial charge is 0.261 e. The number of benzene rings is 2. The van der Waals surface area contributed by atoms with Gasteiger partial charge in [-0.3, -0.25) is 4.79 Å². The van der Waals surface area contributed by atoms with Gasteiger partial charge in [0.25, 0.3) is 5.91 Å². The molecule has 1 amide bonds. The molecule has 0 fully saturated rings. The van der Waals surface area contributed by atoms with Gasteiger partial charge in [0.1, 0.15) is 0 Å². The van der Waals surface area contributed by atoms with Crippen molar-refractivity contribution in [2.75, 3.05) is 11.4 Å². The Hall–Kier alpha value is -2.59. The van der Waals surface area contributed by atoms with Gasteiger partial charge in [-0.1, -0.05) is 35.4 Å². The van der Waals surface area contributed by atoms with Gasteiger partial charge >= 0.3 is 0 Å². The lowest BCUT2D eigenvalue weighted by Gasteiger charge is -2.29. The van der Waals surface area contributed by atoms with E-state index in [-0.39, 0.29) is 5.91 Å². The lowest BCUT2D eigenvalue weighted by atomic mass is 9.99. The van der Waals surface area contributed by atoms with E-state index >= 15 is 0 Å². The van der Waals surface area contributed by atoms with E-state index in [0.717, 1.165) is 36.5 Å². The van der Waals surface area contributed by atoms with E-state index in [4.69, 9.17) is 11.6 Å². The molecule has 2 heterocycles. The Morgan fingerprint density at radius 3 is 2.81 bits per heavy atom. The predicted octanol–water partition coefficient (Wildman–Crippen LogP) is 4.74. The summed E-state index contributed by atoms with van der Waals surface area (Å²) in [6.45, 7) is 4.73. The Labute approximate surface area is 158 Å². The molecule has 0 atom stereocenters. The third-order valence-electron chi connectivity index (χ3n) is 4.89. The van der Waals surface area contributed by atoms with E-state index in [2.05, 4.69) is 30.2 Å². The molecule has 26 heavy (non-hydrogen) atoms. The van der Waals surface area contributed by atoms with Gasteiger partial charge in [-0.05, 0) is 56.5 Å². The van der Waals surface area contributed by atoms with Crippen molar-refractivity contribution in [2.24, 2.45) is 0 Å². The monoisotopic (exact) mass is 365 g/mol. The molecule has 0 saturated heterocycles. The van der Waals surface area contributed by atoms with Crippen LogP contribution in [-0.2, 0) is 6.42 Å². The van der Waals surface area contributed by atoms with Crippen LogP contribution in [0.25, 0.3) is 5.69 Å². The molecule has 0 unspecified atom stereocenters. The van der Waals surface area contributed by atoms with Gasteiger partial charge in [-0.25, -0.2) is 4.68 Å². The molecule has 1 aromatic heterocycles. The second-order valence-electron chi connectivity index (χ2n) is 6.73. The summed E-state index contributed by atoms with van der Waals surface area (Å²) in [4.78, 5) is 15.1. The summed E-state index contributed by atoms with van der Waals surface area (Å²) in [7, 11) is 0. The highest BCUT2D eigenvalue weighted by atomic mass is 35.5. The van der Waals surface area contributed by atoms with Crippen molar-refractivity contribution >= 4 is 23.2 Å². The molecule has 3 aromatic rings. The Kier molecular flexibility index (Phi) is 4.29. The van der Waals surface area contributed by atoms with Gasteiger partial charge in [-0.2, -0.15) is 5.10 Å².